The van der Waals surface area contributed by atoms with Crippen LogP contribution < -0.4 is 5.84 Å². The molecule has 0 radical (unpaired) electrons. The van der Waals surface area contributed by atoms with Crippen LogP contribution in [0, 0.1) is 6.92 Å². The van der Waals surface area contributed by atoms with Crippen molar-refractivity contribution in [1.29, 1.82) is 0 Å². The number of benzene rings is 1. The van der Waals surface area contributed by atoms with Crippen LogP contribution in [0.1, 0.15) is 16.9 Å². The van der Waals surface area contributed by atoms with Crippen LogP contribution in [0.4, 0.5) is 0 Å². The van der Waals surface area contributed by atoms with Crippen LogP contribution in [0.3, 0.4) is 0 Å². The van der Waals surface area contributed by atoms with Crippen molar-refractivity contribution in [3.8, 4) is 0 Å². The summed E-state index contributed by atoms with van der Waals surface area (Å²) < 4.78 is 10.7. The molecule has 1 aromatic carbocycles. The Hall–Kier alpha value is -2.49. The molecule has 0 unspecified atom stereocenters. The third-order valence-corrected chi connectivity index (χ3v) is 2.44. The molecule has 0 aliphatic rings. The molecular formula is C14H14N2O2. The van der Waals surface area contributed by atoms with E-state index in [2.05, 4.69) is 11.7 Å². The minimum absolute atomic E-state index is 0.200. The van der Waals surface area contributed by atoms with Crippen molar-refractivity contribution in [3.63, 3.8) is 0 Å². The van der Waals surface area contributed by atoms with Gasteiger partial charge in [0.05, 0.1) is 6.26 Å². The van der Waals surface area contributed by atoms with Gasteiger partial charge in [-0.2, -0.15) is 0 Å². The van der Waals surface area contributed by atoms with Crippen molar-refractivity contribution in [2.45, 2.75) is 6.92 Å². The van der Waals surface area contributed by atoms with Crippen LogP contribution in [0.15, 0.2) is 58.8 Å². The summed E-state index contributed by atoms with van der Waals surface area (Å²) in [6, 6.07) is 11.3. The number of aryl methyl sites for hydroxylation is 1. The van der Waals surface area contributed by atoms with E-state index < -0.39 is 0 Å². The standard InChI is InChI=1S/C14H14N2O2/c1-10-5-7-12(8-6-10)11(2)18-14(16-15)13-4-3-9-17-13/h3-9H,2,15H2,1H3/b16-14-. The number of furan rings is 1. The van der Waals surface area contributed by atoms with Gasteiger partial charge in [-0.3, -0.25) is 0 Å². The van der Waals surface area contributed by atoms with Gasteiger partial charge in [0.15, 0.2) is 5.76 Å². The summed E-state index contributed by atoms with van der Waals surface area (Å²) in [5.41, 5.74) is 2.04. The summed E-state index contributed by atoms with van der Waals surface area (Å²) >= 11 is 0. The average Bonchev–Trinajstić information content (AvgIpc) is 2.90. The molecule has 1 aromatic heterocycles. The Morgan fingerprint density at radius 1 is 1.28 bits per heavy atom. The highest BCUT2D eigenvalue weighted by Gasteiger charge is 2.11. The minimum Gasteiger partial charge on any atom is -0.459 e. The van der Waals surface area contributed by atoms with Crippen LogP contribution in [-0.2, 0) is 4.74 Å². The zero-order valence-corrected chi connectivity index (χ0v) is 10.1. The Morgan fingerprint density at radius 3 is 2.56 bits per heavy atom. The smallest absolute Gasteiger partial charge is 0.279 e. The van der Waals surface area contributed by atoms with Crippen LogP contribution in [0.5, 0.6) is 0 Å². The lowest BCUT2D eigenvalue weighted by Crippen LogP contribution is -2.07. The fourth-order valence-electron chi connectivity index (χ4n) is 1.46. The van der Waals surface area contributed by atoms with Crippen LogP contribution >= 0.6 is 0 Å². The second kappa shape index (κ2) is 5.23. The van der Waals surface area contributed by atoms with Gasteiger partial charge in [-0.1, -0.05) is 36.4 Å². The molecule has 0 saturated carbocycles. The summed E-state index contributed by atoms with van der Waals surface area (Å²) in [6.07, 6.45) is 1.53. The Morgan fingerprint density at radius 2 is 2.00 bits per heavy atom. The van der Waals surface area contributed by atoms with Gasteiger partial charge in [0.25, 0.3) is 5.90 Å². The van der Waals surface area contributed by atoms with Crippen LogP contribution in [-0.4, -0.2) is 5.90 Å². The molecule has 2 N–H and O–H groups in total. The zero-order chi connectivity index (χ0) is 13.0. The second-order valence-electron chi connectivity index (χ2n) is 3.80. The van der Waals surface area contributed by atoms with Gasteiger partial charge in [-0.05, 0) is 19.1 Å². The van der Waals surface area contributed by atoms with E-state index >= 15 is 0 Å². The van der Waals surface area contributed by atoms with Gasteiger partial charge in [0, 0.05) is 5.56 Å². The molecule has 0 amide bonds. The van der Waals surface area contributed by atoms with E-state index in [4.69, 9.17) is 15.0 Å². The highest BCUT2D eigenvalue weighted by atomic mass is 16.5. The Balaban J connectivity index is 2.14. The number of hydrogen-bond donors (Lipinski definition) is 1. The summed E-state index contributed by atoms with van der Waals surface area (Å²) in [7, 11) is 0. The van der Waals surface area contributed by atoms with Gasteiger partial charge in [-0.15, -0.1) is 5.10 Å². The average molecular weight is 242 g/mol. The SMILES string of the molecule is C=C(O/C(=N\N)c1ccco1)c1ccc(C)cc1. The molecule has 4 heteroatoms. The monoisotopic (exact) mass is 242 g/mol. The summed E-state index contributed by atoms with van der Waals surface area (Å²) in [5.74, 6) is 6.41. The lowest BCUT2D eigenvalue weighted by atomic mass is 10.1. The van der Waals surface area contributed by atoms with E-state index in [1.165, 1.54) is 11.8 Å². The predicted molar refractivity (Wildman–Crippen MR) is 70.7 cm³/mol. The third-order valence-electron chi connectivity index (χ3n) is 2.44. The molecule has 2 rings (SSSR count). The second-order valence-corrected chi connectivity index (χ2v) is 3.80. The molecule has 0 fully saturated rings. The van der Waals surface area contributed by atoms with Crippen molar-refractivity contribution in [2.24, 2.45) is 10.9 Å². The highest BCUT2D eigenvalue weighted by molar-refractivity contribution is 5.94. The largest absolute Gasteiger partial charge is 0.459 e. The number of nitrogens with two attached hydrogens (primary N) is 1. The highest BCUT2D eigenvalue weighted by Crippen LogP contribution is 2.17. The van der Waals surface area contributed by atoms with E-state index in [9.17, 15) is 0 Å². The first kappa shape index (κ1) is 12.0. The van der Waals surface area contributed by atoms with Crippen molar-refractivity contribution in [1.82, 2.24) is 0 Å². The van der Waals surface area contributed by atoms with Crippen LogP contribution in [0.2, 0.25) is 0 Å². The van der Waals surface area contributed by atoms with Gasteiger partial charge >= 0.3 is 0 Å². The molecule has 2 aromatic rings. The molecule has 4 nitrogen and oxygen atoms in total. The number of rotatable bonds is 3. The summed E-state index contributed by atoms with van der Waals surface area (Å²) in [6.45, 7) is 5.87. The maximum atomic E-state index is 5.51. The molecule has 1 heterocycles. The topological polar surface area (TPSA) is 60.8 Å². The molecule has 0 saturated heterocycles. The van der Waals surface area contributed by atoms with Gasteiger partial charge in [-0.25, -0.2) is 0 Å². The predicted octanol–water partition coefficient (Wildman–Crippen LogP) is 2.90. The normalized spacial score (nSPS) is 11.3. The van der Waals surface area contributed by atoms with E-state index in [1.54, 1.807) is 12.1 Å². The molecule has 0 aliphatic heterocycles. The maximum Gasteiger partial charge on any atom is 0.279 e. The van der Waals surface area contributed by atoms with Crippen molar-refractivity contribution < 1.29 is 9.15 Å². The Kier molecular flexibility index (Phi) is 3.48. The first-order valence-electron chi connectivity index (χ1n) is 5.46. The van der Waals surface area contributed by atoms with Crippen LogP contribution in [0.25, 0.3) is 5.76 Å². The van der Waals surface area contributed by atoms with E-state index in [0.29, 0.717) is 11.5 Å². The number of hydrogen-bond acceptors (Lipinski definition) is 4. The molecule has 0 aliphatic carbocycles. The zero-order valence-electron chi connectivity index (χ0n) is 10.1. The van der Waals surface area contributed by atoms with E-state index in [1.807, 2.05) is 31.2 Å². The first-order chi connectivity index (χ1) is 8.70. The number of hydrazone groups is 1. The molecule has 92 valence electrons. The Bertz CT molecular complexity index is 554. The molecule has 0 spiro atoms. The number of nitrogens with zero attached hydrogens (tertiary/aromatic N) is 1. The van der Waals surface area contributed by atoms with Gasteiger partial charge in [0.1, 0.15) is 5.76 Å². The van der Waals surface area contributed by atoms with E-state index in [0.717, 1.165) is 5.56 Å². The van der Waals surface area contributed by atoms with Gasteiger partial charge in [0.2, 0.25) is 0 Å². The molecule has 18 heavy (non-hydrogen) atoms. The van der Waals surface area contributed by atoms with Gasteiger partial charge < -0.3 is 15.0 Å². The fourth-order valence-corrected chi connectivity index (χ4v) is 1.46. The lowest BCUT2D eigenvalue weighted by molar-refractivity contribution is 0.469. The van der Waals surface area contributed by atoms with Crippen molar-refractivity contribution >= 4 is 11.7 Å². The molecular weight excluding hydrogens is 228 g/mol. The summed E-state index contributed by atoms with van der Waals surface area (Å²) in [5, 5.41) is 3.55. The first-order valence-corrected chi connectivity index (χ1v) is 5.46. The number of ether oxygens (including phenoxy) is 1. The minimum atomic E-state index is 0.200. The van der Waals surface area contributed by atoms with E-state index in [-0.39, 0.29) is 5.90 Å². The summed E-state index contributed by atoms with van der Waals surface area (Å²) in [4.78, 5) is 0. The quantitative estimate of drug-likeness (QED) is 0.296. The lowest BCUT2D eigenvalue weighted by Gasteiger charge is -2.08. The molecule has 0 atom stereocenters. The fraction of sp³-hybridized carbons (Fsp3) is 0.0714. The third kappa shape index (κ3) is 2.60. The van der Waals surface area contributed by atoms with Crippen molar-refractivity contribution in [2.75, 3.05) is 0 Å². The molecule has 0 bridgehead atoms. The van der Waals surface area contributed by atoms with Crippen molar-refractivity contribution in [3.05, 3.63) is 66.1 Å². The maximum absolute atomic E-state index is 5.51. The Labute approximate surface area is 105 Å².